The minimum atomic E-state index is -0.875. The van der Waals surface area contributed by atoms with Crippen molar-refractivity contribution in [2.75, 3.05) is 6.61 Å². The second-order valence-corrected chi connectivity index (χ2v) is 10.4. The molecule has 0 aromatic heterocycles. The molecular weight excluding hydrogens is 436 g/mol. The molecular formula is C31H58O4. The minimum Gasteiger partial charge on any atom is -0.481 e. The number of unbranched alkanes of at least 4 members (excludes halogenated alkanes) is 20. The molecule has 0 aromatic rings. The molecule has 0 spiro atoms. The SMILES string of the molecule is C=CCCCCCCCCCCCCCCCCCCCCCCC(CC(=O)OCCC)C(=O)O. The largest absolute Gasteiger partial charge is 0.481 e. The first-order valence-corrected chi connectivity index (χ1v) is 15.1. The van der Waals surface area contributed by atoms with Crippen molar-refractivity contribution >= 4 is 11.9 Å². The Labute approximate surface area is 217 Å². The number of carbonyl (C=O) groups is 2. The van der Waals surface area contributed by atoms with Gasteiger partial charge in [0.25, 0.3) is 0 Å². The molecule has 4 nitrogen and oxygen atoms in total. The van der Waals surface area contributed by atoms with E-state index in [0.29, 0.717) is 13.0 Å². The van der Waals surface area contributed by atoms with Gasteiger partial charge in [0.15, 0.2) is 0 Å². The van der Waals surface area contributed by atoms with Crippen LogP contribution in [0.25, 0.3) is 0 Å². The first-order chi connectivity index (χ1) is 17.1. The smallest absolute Gasteiger partial charge is 0.307 e. The summed E-state index contributed by atoms with van der Waals surface area (Å²) in [6.07, 6.45) is 31.1. The van der Waals surface area contributed by atoms with E-state index in [9.17, 15) is 14.7 Å². The third-order valence-corrected chi connectivity index (χ3v) is 6.94. The van der Waals surface area contributed by atoms with Crippen molar-refractivity contribution in [1.82, 2.24) is 0 Å². The average Bonchev–Trinajstić information content (AvgIpc) is 2.84. The molecule has 0 heterocycles. The van der Waals surface area contributed by atoms with E-state index < -0.39 is 11.9 Å². The van der Waals surface area contributed by atoms with E-state index in [1.54, 1.807) is 0 Å². The average molecular weight is 495 g/mol. The van der Waals surface area contributed by atoms with Crippen LogP contribution in [-0.2, 0) is 14.3 Å². The van der Waals surface area contributed by atoms with Gasteiger partial charge in [0.05, 0.1) is 18.9 Å². The third-order valence-electron chi connectivity index (χ3n) is 6.94. The zero-order valence-corrected chi connectivity index (χ0v) is 23.2. The highest BCUT2D eigenvalue weighted by Gasteiger charge is 2.21. The molecule has 4 heteroatoms. The minimum absolute atomic E-state index is 0.00624. The molecule has 0 aliphatic carbocycles. The maximum atomic E-state index is 11.7. The number of esters is 1. The predicted molar refractivity (Wildman–Crippen MR) is 149 cm³/mol. The number of carbonyl (C=O) groups excluding carboxylic acids is 1. The normalized spacial score (nSPS) is 11.9. The Bertz CT molecular complexity index is 488. The molecule has 0 saturated carbocycles. The molecule has 206 valence electrons. The van der Waals surface area contributed by atoms with Crippen LogP contribution < -0.4 is 0 Å². The summed E-state index contributed by atoms with van der Waals surface area (Å²) in [6, 6.07) is 0. The van der Waals surface area contributed by atoms with Gasteiger partial charge in [-0.05, 0) is 25.7 Å². The van der Waals surface area contributed by atoms with E-state index in [4.69, 9.17) is 4.74 Å². The molecule has 0 amide bonds. The van der Waals surface area contributed by atoms with E-state index >= 15 is 0 Å². The fourth-order valence-corrected chi connectivity index (χ4v) is 4.65. The van der Waals surface area contributed by atoms with Crippen molar-refractivity contribution in [2.24, 2.45) is 5.92 Å². The van der Waals surface area contributed by atoms with Crippen LogP contribution in [0.4, 0.5) is 0 Å². The highest BCUT2D eigenvalue weighted by atomic mass is 16.5. The van der Waals surface area contributed by atoms with Gasteiger partial charge in [-0.25, -0.2) is 0 Å². The lowest BCUT2D eigenvalue weighted by Crippen LogP contribution is -2.19. The first-order valence-electron chi connectivity index (χ1n) is 15.1. The van der Waals surface area contributed by atoms with Crippen molar-refractivity contribution in [3.63, 3.8) is 0 Å². The van der Waals surface area contributed by atoms with Crippen LogP contribution in [0.2, 0.25) is 0 Å². The Balaban J connectivity index is 3.32. The Morgan fingerprint density at radius 3 is 1.40 bits per heavy atom. The number of carboxylic acid groups (broad SMARTS) is 1. The fraction of sp³-hybridized carbons (Fsp3) is 0.871. The highest BCUT2D eigenvalue weighted by Crippen LogP contribution is 2.18. The van der Waals surface area contributed by atoms with E-state index in [-0.39, 0.29) is 12.4 Å². The summed E-state index contributed by atoms with van der Waals surface area (Å²) in [5.41, 5.74) is 0. The predicted octanol–water partition coefficient (Wildman–Crippen LogP) is 9.80. The van der Waals surface area contributed by atoms with Gasteiger partial charge in [-0.2, -0.15) is 0 Å². The van der Waals surface area contributed by atoms with Gasteiger partial charge < -0.3 is 9.84 Å². The molecule has 1 atom stereocenters. The number of hydrogen-bond acceptors (Lipinski definition) is 3. The van der Waals surface area contributed by atoms with E-state index in [2.05, 4.69) is 6.58 Å². The van der Waals surface area contributed by atoms with Gasteiger partial charge in [-0.15, -0.1) is 6.58 Å². The number of rotatable bonds is 28. The Kier molecular flexibility index (Phi) is 26.2. The summed E-state index contributed by atoms with van der Waals surface area (Å²) in [7, 11) is 0. The lowest BCUT2D eigenvalue weighted by molar-refractivity contribution is -0.151. The standard InChI is InChI=1S/C31H58O4/c1-3-5-6-7-8-9-10-11-12-13-14-15-16-17-18-19-20-21-22-23-24-25-26-29(31(33)34)28-30(32)35-27-4-2/h3,29H,1,4-28H2,2H3,(H,33,34). The van der Waals surface area contributed by atoms with E-state index in [1.807, 2.05) is 13.0 Å². The maximum Gasteiger partial charge on any atom is 0.307 e. The molecule has 35 heavy (non-hydrogen) atoms. The quantitative estimate of drug-likeness (QED) is 0.0667. The Hall–Kier alpha value is -1.32. The van der Waals surface area contributed by atoms with Gasteiger partial charge in [-0.1, -0.05) is 135 Å². The van der Waals surface area contributed by atoms with Gasteiger partial charge in [-0.3, -0.25) is 9.59 Å². The Morgan fingerprint density at radius 1 is 0.686 bits per heavy atom. The summed E-state index contributed by atoms with van der Waals surface area (Å²) in [5, 5.41) is 9.31. The Morgan fingerprint density at radius 2 is 1.06 bits per heavy atom. The second kappa shape index (κ2) is 27.3. The summed E-state index contributed by atoms with van der Waals surface area (Å²) < 4.78 is 5.02. The summed E-state index contributed by atoms with van der Waals surface area (Å²) in [5.74, 6) is -1.85. The zero-order valence-electron chi connectivity index (χ0n) is 23.2. The van der Waals surface area contributed by atoms with Crippen molar-refractivity contribution < 1.29 is 19.4 Å². The van der Waals surface area contributed by atoms with Crippen molar-refractivity contribution in [3.05, 3.63) is 12.7 Å². The van der Waals surface area contributed by atoms with Gasteiger partial charge >= 0.3 is 11.9 Å². The number of allylic oxidation sites excluding steroid dienone is 1. The zero-order chi connectivity index (χ0) is 25.8. The van der Waals surface area contributed by atoms with Crippen LogP contribution in [0.3, 0.4) is 0 Å². The van der Waals surface area contributed by atoms with Crippen molar-refractivity contribution in [3.8, 4) is 0 Å². The molecule has 0 saturated heterocycles. The highest BCUT2D eigenvalue weighted by molar-refractivity contribution is 5.78. The van der Waals surface area contributed by atoms with Gasteiger partial charge in [0, 0.05) is 0 Å². The summed E-state index contributed by atoms with van der Waals surface area (Å²) >= 11 is 0. The molecule has 0 aliphatic rings. The number of carboxylic acids is 1. The molecule has 0 rings (SSSR count). The second-order valence-electron chi connectivity index (χ2n) is 10.4. The molecule has 0 aliphatic heterocycles. The van der Waals surface area contributed by atoms with Crippen LogP contribution in [-0.4, -0.2) is 23.7 Å². The molecule has 0 bridgehead atoms. The summed E-state index contributed by atoms with van der Waals surface area (Å²) in [6.45, 7) is 6.09. The van der Waals surface area contributed by atoms with Gasteiger partial charge in [0.1, 0.15) is 0 Å². The van der Waals surface area contributed by atoms with Crippen LogP contribution in [0.15, 0.2) is 12.7 Å². The topological polar surface area (TPSA) is 63.6 Å². The van der Waals surface area contributed by atoms with Gasteiger partial charge in [0.2, 0.25) is 0 Å². The number of aliphatic carboxylic acids is 1. The number of hydrogen-bond donors (Lipinski definition) is 1. The lowest BCUT2D eigenvalue weighted by atomic mass is 9.97. The van der Waals surface area contributed by atoms with Crippen molar-refractivity contribution in [2.45, 2.75) is 161 Å². The monoisotopic (exact) mass is 494 g/mol. The van der Waals surface area contributed by atoms with Crippen LogP contribution in [0.1, 0.15) is 161 Å². The van der Waals surface area contributed by atoms with Crippen LogP contribution in [0.5, 0.6) is 0 Å². The van der Waals surface area contributed by atoms with E-state index in [1.165, 1.54) is 122 Å². The van der Waals surface area contributed by atoms with Crippen molar-refractivity contribution in [1.29, 1.82) is 0 Å². The van der Waals surface area contributed by atoms with Crippen LogP contribution >= 0.6 is 0 Å². The third kappa shape index (κ3) is 25.6. The molecule has 0 fully saturated rings. The molecule has 1 unspecified atom stereocenters. The van der Waals surface area contributed by atoms with Crippen LogP contribution in [0, 0.1) is 5.92 Å². The number of ether oxygens (including phenoxy) is 1. The molecule has 0 aromatic carbocycles. The van der Waals surface area contributed by atoms with E-state index in [0.717, 1.165) is 19.3 Å². The fourth-order valence-electron chi connectivity index (χ4n) is 4.65. The molecule has 0 radical (unpaired) electrons. The first kappa shape index (κ1) is 33.7. The molecule has 1 N–H and O–H groups in total. The lowest BCUT2D eigenvalue weighted by Gasteiger charge is -2.11. The maximum absolute atomic E-state index is 11.7. The summed E-state index contributed by atoms with van der Waals surface area (Å²) in [4.78, 5) is 23.0.